The van der Waals surface area contributed by atoms with Gasteiger partial charge >= 0.3 is 6.03 Å². The molecule has 2 atom stereocenters. The van der Waals surface area contributed by atoms with Crippen LogP contribution in [0.4, 0.5) is 10.6 Å². The molecular weight excluding hydrogens is 455 g/mol. The Kier molecular flexibility index (Phi) is 9.15. The number of urea groups is 1. The number of carbonyl (C=O) groups excluding carboxylic acids is 2. The molecular formula is C21H32Cl2N6O3. The molecule has 2 aromatic rings. The summed E-state index contributed by atoms with van der Waals surface area (Å²) in [6, 6.07) is 6.40. The zero-order valence-corrected chi connectivity index (χ0v) is 20.3. The molecule has 1 aromatic heterocycles. The Balaban J connectivity index is 0.00000181. The van der Waals surface area contributed by atoms with Crippen molar-refractivity contribution >= 4 is 53.5 Å². The number of aryl methyl sites for hydroxylation is 1. The highest BCUT2D eigenvalue weighted by Gasteiger charge is 2.28. The first-order chi connectivity index (χ1) is 14.5. The average molecular weight is 487 g/mol. The van der Waals surface area contributed by atoms with Crippen molar-refractivity contribution in [3.63, 3.8) is 0 Å². The fourth-order valence-electron chi connectivity index (χ4n) is 4.40. The molecule has 0 unspecified atom stereocenters. The predicted octanol–water partition coefficient (Wildman–Crippen LogP) is 2.31. The van der Waals surface area contributed by atoms with E-state index in [2.05, 4.69) is 34.5 Å². The topological polar surface area (TPSA) is 91.7 Å². The third-order valence-electron chi connectivity index (χ3n) is 5.95. The molecule has 0 bridgehead atoms. The average Bonchev–Trinajstić information content (AvgIpc) is 3.04. The Morgan fingerprint density at radius 2 is 1.88 bits per heavy atom. The van der Waals surface area contributed by atoms with Gasteiger partial charge in [-0.1, -0.05) is 6.07 Å². The molecule has 1 aromatic carbocycles. The van der Waals surface area contributed by atoms with Gasteiger partial charge in [-0.25, -0.2) is 4.79 Å². The molecule has 2 aliphatic heterocycles. The van der Waals surface area contributed by atoms with Crippen molar-refractivity contribution in [1.82, 2.24) is 25.3 Å². The summed E-state index contributed by atoms with van der Waals surface area (Å²) >= 11 is 0. The molecule has 0 saturated carbocycles. The number of carbonyl (C=O) groups is 2. The van der Waals surface area contributed by atoms with E-state index in [4.69, 9.17) is 4.74 Å². The summed E-state index contributed by atoms with van der Waals surface area (Å²) < 4.78 is 7.87. The molecule has 4 rings (SSSR count). The standard InChI is InChI=1S/C21H30N6O3.2ClH/c1-14-12-22-13-15(2)26(14)9-5-11-30-17-7-4-6-16-19(17)25(3)24-20(16)27-10-8-18(28)23-21(27)29;;/h4,6-7,14-15,22H,5,8-13H2,1-3H3,(H,23,28,29);2*1H/t14-,15+;;. The van der Waals surface area contributed by atoms with Crippen LogP contribution in [0, 0.1) is 0 Å². The van der Waals surface area contributed by atoms with E-state index in [1.807, 2.05) is 25.2 Å². The Bertz CT molecular complexity index is 943. The van der Waals surface area contributed by atoms with E-state index < -0.39 is 6.03 Å². The van der Waals surface area contributed by atoms with Gasteiger partial charge in [-0.05, 0) is 32.4 Å². The van der Waals surface area contributed by atoms with Crippen LogP contribution >= 0.6 is 24.8 Å². The van der Waals surface area contributed by atoms with E-state index in [9.17, 15) is 9.59 Å². The number of fused-ring (bicyclic) bond motifs is 1. The Morgan fingerprint density at radius 3 is 2.56 bits per heavy atom. The van der Waals surface area contributed by atoms with Gasteiger partial charge in [0.05, 0.1) is 6.61 Å². The summed E-state index contributed by atoms with van der Waals surface area (Å²) in [6.45, 7) is 8.50. The van der Waals surface area contributed by atoms with Gasteiger partial charge in [0.25, 0.3) is 0 Å². The van der Waals surface area contributed by atoms with Gasteiger partial charge < -0.3 is 10.1 Å². The quantitative estimate of drug-likeness (QED) is 0.608. The maximum atomic E-state index is 12.3. The highest BCUT2D eigenvalue weighted by molar-refractivity contribution is 6.09. The lowest BCUT2D eigenvalue weighted by molar-refractivity contribution is -0.120. The normalized spacial score (nSPS) is 21.7. The minimum atomic E-state index is -0.433. The summed E-state index contributed by atoms with van der Waals surface area (Å²) in [6.07, 6.45) is 1.20. The van der Waals surface area contributed by atoms with Gasteiger partial charge in [-0.2, -0.15) is 5.10 Å². The maximum absolute atomic E-state index is 12.3. The molecule has 0 aliphatic carbocycles. The number of amides is 3. The van der Waals surface area contributed by atoms with Crippen LogP contribution in [0.25, 0.3) is 10.9 Å². The highest BCUT2D eigenvalue weighted by atomic mass is 35.5. The number of hydrogen-bond acceptors (Lipinski definition) is 6. The lowest BCUT2D eigenvalue weighted by Gasteiger charge is -2.39. The third-order valence-corrected chi connectivity index (χ3v) is 5.95. The first kappa shape index (κ1) is 26.2. The summed E-state index contributed by atoms with van der Waals surface area (Å²) in [5, 5.41) is 11.2. The van der Waals surface area contributed by atoms with Crippen LogP contribution in [0.5, 0.6) is 5.75 Å². The zero-order valence-electron chi connectivity index (χ0n) is 18.7. The summed E-state index contributed by atoms with van der Waals surface area (Å²) in [4.78, 5) is 27.8. The third kappa shape index (κ3) is 5.28. The number of rotatable bonds is 6. The van der Waals surface area contributed by atoms with Gasteiger partial charge in [0.15, 0.2) is 5.82 Å². The largest absolute Gasteiger partial charge is 0.491 e. The van der Waals surface area contributed by atoms with Crippen molar-refractivity contribution in [3.8, 4) is 5.75 Å². The number of benzene rings is 1. The second-order valence-corrected chi connectivity index (χ2v) is 8.15. The van der Waals surface area contributed by atoms with E-state index in [0.29, 0.717) is 31.1 Å². The first-order valence-corrected chi connectivity index (χ1v) is 10.6. The van der Waals surface area contributed by atoms with Crippen LogP contribution in [-0.2, 0) is 11.8 Å². The molecule has 0 radical (unpaired) electrons. The van der Waals surface area contributed by atoms with Crippen molar-refractivity contribution in [1.29, 1.82) is 0 Å². The van der Waals surface area contributed by atoms with Crippen LogP contribution in [0.1, 0.15) is 26.7 Å². The summed E-state index contributed by atoms with van der Waals surface area (Å²) in [5.41, 5.74) is 0.848. The minimum Gasteiger partial charge on any atom is -0.491 e. The fraction of sp³-hybridized carbons (Fsp3) is 0.571. The Hall–Kier alpha value is -2.07. The highest BCUT2D eigenvalue weighted by Crippen LogP contribution is 2.33. The SMILES string of the molecule is C[C@@H]1CNC[C@H](C)N1CCCOc1cccc2c(N3CCC(=O)NC3=O)nn(C)c12.Cl.Cl. The molecule has 9 nitrogen and oxygen atoms in total. The lowest BCUT2D eigenvalue weighted by Crippen LogP contribution is -2.55. The van der Waals surface area contributed by atoms with Crippen LogP contribution in [0.3, 0.4) is 0 Å². The number of nitrogens with one attached hydrogen (secondary N) is 2. The van der Waals surface area contributed by atoms with Crippen molar-refractivity contribution in [3.05, 3.63) is 18.2 Å². The van der Waals surface area contributed by atoms with Gasteiger partial charge in [0.2, 0.25) is 5.91 Å². The molecule has 2 aliphatic rings. The molecule has 3 heterocycles. The van der Waals surface area contributed by atoms with E-state index in [-0.39, 0.29) is 37.1 Å². The minimum absolute atomic E-state index is 0. The van der Waals surface area contributed by atoms with Crippen LogP contribution in [0.2, 0.25) is 0 Å². The molecule has 32 heavy (non-hydrogen) atoms. The fourth-order valence-corrected chi connectivity index (χ4v) is 4.40. The Labute approximate surface area is 200 Å². The molecule has 178 valence electrons. The summed E-state index contributed by atoms with van der Waals surface area (Å²) in [7, 11) is 1.84. The number of halogens is 2. The van der Waals surface area contributed by atoms with Crippen molar-refractivity contribution in [2.24, 2.45) is 7.05 Å². The van der Waals surface area contributed by atoms with E-state index in [0.717, 1.165) is 42.7 Å². The first-order valence-electron chi connectivity index (χ1n) is 10.6. The van der Waals surface area contributed by atoms with Crippen molar-refractivity contribution in [2.75, 3.05) is 37.7 Å². The number of para-hydroxylation sites is 1. The second-order valence-electron chi connectivity index (χ2n) is 8.15. The van der Waals surface area contributed by atoms with Gasteiger partial charge in [-0.3, -0.25) is 24.6 Å². The zero-order chi connectivity index (χ0) is 21.3. The van der Waals surface area contributed by atoms with E-state index >= 15 is 0 Å². The van der Waals surface area contributed by atoms with E-state index in [1.54, 1.807) is 4.68 Å². The molecule has 11 heteroatoms. The predicted molar refractivity (Wildman–Crippen MR) is 129 cm³/mol. The number of nitrogens with zero attached hydrogens (tertiary/aromatic N) is 4. The monoisotopic (exact) mass is 486 g/mol. The molecule has 2 fully saturated rings. The van der Waals surface area contributed by atoms with Gasteiger partial charge in [0.1, 0.15) is 11.3 Å². The van der Waals surface area contributed by atoms with E-state index in [1.165, 1.54) is 4.90 Å². The van der Waals surface area contributed by atoms with Crippen LogP contribution in [-0.4, -0.2) is 71.5 Å². The number of piperazine rings is 1. The number of imide groups is 1. The smallest absolute Gasteiger partial charge is 0.329 e. The van der Waals surface area contributed by atoms with Crippen molar-refractivity contribution < 1.29 is 14.3 Å². The molecule has 0 spiro atoms. The second kappa shape index (κ2) is 11.2. The van der Waals surface area contributed by atoms with Crippen LogP contribution in [0.15, 0.2) is 18.2 Å². The maximum Gasteiger partial charge on any atom is 0.329 e. The number of anilines is 1. The van der Waals surface area contributed by atoms with Crippen molar-refractivity contribution in [2.45, 2.75) is 38.8 Å². The Morgan fingerprint density at radius 1 is 1.16 bits per heavy atom. The number of aromatic nitrogens is 2. The van der Waals surface area contributed by atoms with Crippen LogP contribution < -0.4 is 20.3 Å². The van der Waals surface area contributed by atoms with Gasteiger partial charge in [-0.15, -0.1) is 24.8 Å². The molecule has 2 N–H and O–H groups in total. The molecule has 2 saturated heterocycles. The number of ether oxygens (including phenoxy) is 1. The summed E-state index contributed by atoms with van der Waals surface area (Å²) in [5.74, 6) is 1.05. The lowest BCUT2D eigenvalue weighted by atomic mass is 10.1. The molecule has 3 amide bonds. The van der Waals surface area contributed by atoms with Gasteiger partial charge in [0, 0.05) is 57.1 Å². The number of hydrogen-bond donors (Lipinski definition) is 2.